The molecule has 14 rings (SSSR count). The Morgan fingerprint density at radius 3 is 1.21 bits per heavy atom. The number of non-ortho nitro benzene ring substituents is 3. The van der Waals surface area contributed by atoms with E-state index in [1.807, 2.05) is 50.5 Å². The molecule has 650 valence electrons. The first kappa shape index (κ1) is 98.4. The third kappa shape index (κ3) is 29.0. The summed E-state index contributed by atoms with van der Waals surface area (Å²) in [5, 5.41) is 49.8. The number of nitrogen functional groups attached to an aromatic ring is 1. The number of halogens is 5. The van der Waals surface area contributed by atoms with Crippen molar-refractivity contribution in [2.24, 2.45) is 10.5 Å². The standard InChI is InChI=1S/C29H35N9O3.C21H18FN7O3.C14H15FN6.C8H18N2.C7H4ClNO3.CH4NP.CH4.2ClH.Sn/c1-18(2)36-14-12-21(13-15-36)33-29-34-26(25-27(35-29)37(17-30-25)19(3)4)31-22-6-5-7-23(16-22)32-28(39)20-8-10-24(11-9-20)38(40)41;1-12(2)28-11-23-17-18(26-21(22)27-19(17)28)24-14-4-3-5-15(10-14)25-20(30)13-6-8-16(9-7-13)29(31)32;1-8(2)21-7-17-11-12(19-14(15)20-13(11)21)18-10-5-3-4-9(16)6-10;1-10(2)8-5-3-7(9)4-6-8;8-7(10)5-1-3-6(4-2-5)9(11)12;1-2-3;;;;/h5-11,16-19,21H,12-15H2,1-4H3,(H,32,39)(H2,31,33,34,35);3-12H,1-2H3,(H,25,30)(H,24,26,27);3-8H,16H2,1-2H3,(H,18,19,20);7-8H,3-6,9H2,1-2H3;1-4H;3H,1H3;1H4;2*1H;/q;;;;;;;;;+2/p-2. The van der Waals surface area contributed by atoms with Gasteiger partial charge in [0.05, 0.1) is 33.8 Å². The van der Waals surface area contributed by atoms with Gasteiger partial charge in [0.1, 0.15) is 0 Å². The van der Waals surface area contributed by atoms with Crippen LogP contribution in [0.4, 0.5) is 83.4 Å². The number of hydrogen-bond donors (Lipinski definition) is 8. The van der Waals surface area contributed by atoms with Gasteiger partial charge in [-0.3, -0.25) is 49.5 Å². The van der Waals surface area contributed by atoms with Crippen molar-refractivity contribution < 1.29 is 37.9 Å². The van der Waals surface area contributed by atoms with E-state index in [1.54, 1.807) is 89.8 Å². The minimum absolute atomic E-state index is 0. The Hall–Kier alpha value is -11.7. The SMILES string of the molecule is C.CC(C)N1CCC(Nc2nc(Nc3cccc(NC(=O)c4ccc([N+](=O)[O-])cc4)c3)c3ncn(C(C)C)c3n2)CC1.CC(C)n1cnc2c(Nc3cccc(N)c3)nc(F)nc21.CC(C)n1cnc2c(Nc3cccc(NC(=O)c4ccc([N+](=O)[O-])cc4)c3)nc(F)nc21.CN(C)C1CCC(N)CC1.CN=P.O=C(Cl)c1ccc([N+](=O)[O-])cc1.[Cl][Sn][Cl]. The molecule has 6 aromatic heterocycles. The van der Waals surface area contributed by atoms with Crippen molar-refractivity contribution in [3.8, 4) is 0 Å². The van der Waals surface area contributed by atoms with E-state index in [-0.39, 0.29) is 71.5 Å². The van der Waals surface area contributed by atoms with Crippen molar-refractivity contribution in [2.75, 3.05) is 71.9 Å². The number of carbonyl (C=O) groups excluding carboxylic acids is 3. The summed E-state index contributed by atoms with van der Waals surface area (Å²) in [6.07, 6.45) is 10.3. The van der Waals surface area contributed by atoms with Crippen LogP contribution in [0.25, 0.3) is 33.5 Å². The average Bonchev–Trinajstić information content (AvgIpc) is 1.66. The maximum atomic E-state index is 14.0. The molecule has 0 bridgehead atoms. The van der Waals surface area contributed by atoms with E-state index in [1.165, 1.54) is 98.5 Å². The summed E-state index contributed by atoms with van der Waals surface area (Å²) in [5.41, 5.74) is 18.9. The van der Waals surface area contributed by atoms with Gasteiger partial charge in [-0.15, -0.1) is 0 Å². The van der Waals surface area contributed by atoms with Crippen LogP contribution in [0.1, 0.15) is 151 Å². The zero-order valence-electron chi connectivity index (χ0n) is 68.6. The fourth-order valence-electron chi connectivity index (χ4n) is 12.5. The van der Waals surface area contributed by atoms with Gasteiger partial charge in [0.25, 0.3) is 34.1 Å². The van der Waals surface area contributed by atoms with Gasteiger partial charge in [0.2, 0.25) is 5.95 Å². The van der Waals surface area contributed by atoms with Gasteiger partial charge in [0.15, 0.2) is 50.9 Å². The number of rotatable bonds is 21. The van der Waals surface area contributed by atoms with E-state index in [0.717, 1.165) is 37.6 Å². The number of piperidine rings is 1. The van der Waals surface area contributed by atoms with E-state index in [0.29, 0.717) is 97.2 Å². The Morgan fingerprint density at radius 1 is 0.528 bits per heavy atom. The van der Waals surface area contributed by atoms with Crippen LogP contribution in [-0.4, -0.2) is 177 Å². The predicted octanol–water partition coefficient (Wildman–Crippen LogP) is 18.3. The third-order valence-electron chi connectivity index (χ3n) is 18.8. The summed E-state index contributed by atoms with van der Waals surface area (Å²) in [7, 11) is 18.6. The number of aromatic nitrogens is 12. The Bertz CT molecular complexity index is 5520. The fraction of sp³-hybridized carbons (Fsp3) is 0.333. The molecule has 0 unspecified atom stereocenters. The molecule has 2 aliphatic rings. The van der Waals surface area contributed by atoms with Gasteiger partial charge in [-0.1, -0.05) is 25.6 Å². The van der Waals surface area contributed by atoms with Gasteiger partial charge >= 0.3 is 48.9 Å². The normalized spacial score (nSPS) is 13.6. The van der Waals surface area contributed by atoms with Crippen molar-refractivity contribution in [1.29, 1.82) is 0 Å². The van der Waals surface area contributed by atoms with Crippen molar-refractivity contribution in [3.63, 3.8) is 0 Å². The molecule has 2 radical (unpaired) electrons. The van der Waals surface area contributed by atoms with Gasteiger partial charge in [-0.05, 0) is 220 Å². The summed E-state index contributed by atoms with van der Waals surface area (Å²) >= 11 is 4.30. The Kier molecular flexibility index (Phi) is 38.1. The minimum atomic E-state index is -0.884. The predicted molar refractivity (Wildman–Crippen MR) is 484 cm³/mol. The number of hydrogen-bond acceptors (Lipinski definition) is 27. The summed E-state index contributed by atoms with van der Waals surface area (Å²) in [6, 6.07) is 39.4. The van der Waals surface area contributed by atoms with Crippen LogP contribution in [0.2, 0.25) is 0 Å². The number of nitrogens with zero attached hydrogens (tertiary/aromatic N) is 18. The van der Waals surface area contributed by atoms with Crippen LogP contribution in [0.15, 0.2) is 169 Å². The molecule has 42 heteroatoms. The number of nitro benzene ring substituents is 3. The zero-order chi connectivity index (χ0) is 89.0. The number of carbonyl (C=O) groups is 3. The van der Waals surface area contributed by atoms with Crippen molar-refractivity contribution >= 4 is 183 Å². The number of imidazole rings is 3. The Balaban J connectivity index is 0.000000224. The molecular weight excluding hydrogens is 1780 g/mol. The molecule has 1 aliphatic carbocycles. The van der Waals surface area contributed by atoms with Crippen LogP contribution >= 0.6 is 38.5 Å². The number of nitrogens with one attached hydrogen (secondary N) is 6. The van der Waals surface area contributed by atoms with Crippen LogP contribution < -0.4 is 43.4 Å². The quantitative estimate of drug-likeness (QED) is 0.00630. The molecule has 10 N–H and O–H groups in total. The summed E-state index contributed by atoms with van der Waals surface area (Å²) in [4.78, 5) is 109. The molecule has 6 aromatic carbocycles. The summed E-state index contributed by atoms with van der Waals surface area (Å²) < 4.78 is 36.6. The third-order valence-corrected chi connectivity index (χ3v) is 19.1. The fourth-order valence-corrected chi connectivity index (χ4v) is 12.6. The van der Waals surface area contributed by atoms with Crippen LogP contribution in [0, 0.1) is 42.5 Å². The molecule has 7 heterocycles. The van der Waals surface area contributed by atoms with Crippen LogP contribution in [-0.2, 0) is 0 Å². The van der Waals surface area contributed by atoms with Crippen LogP contribution in [0.3, 0.4) is 0 Å². The van der Waals surface area contributed by atoms with Gasteiger partial charge < -0.3 is 66.9 Å². The second-order valence-corrected chi connectivity index (χ2v) is 34.0. The molecule has 0 spiro atoms. The first-order chi connectivity index (χ1) is 58.2. The van der Waals surface area contributed by atoms with Crippen molar-refractivity contribution in [2.45, 2.75) is 144 Å². The number of fused-ring (bicyclic) bond motifs is 3. The van der Waals surface area contributed by atoms with E-state index in [9.17, 15) is 53.5 Å². The first-order valence-electron chi connectivity index (χ1n) is 38.3. The molecule has 2 fully saturated rings. The summed E-state index contributed by atoms with van der Waals surface area (Å²) in [5.74, 6) is 0.840. The second kappa shape index (κ2) is 47.6. The first-order valence-corrected chi connectivity index (χ1v) is 46.3. The molecule has 0 atom stereocenters. The number of nitrogens with two attached hydrogens (primary N) is 2. The maximum absolute atomic E-state index is 14.0. The summed E-state index contributed by atoms with van der Waals surface area (Å²) in [6.45, 7) is 18.5. The molecule has 2 amide bonds. The second-order valence-electron chi connectivity index (χ2n) is 29.0. The Labute approximate surface area is 733 Å². The van der Waals surface area contributed by atoms with E-state index >= 15 is 0 Å². The van der Waals surface area contributed by atoms with Crippen molar-refractivity contribution in [3.05, 3.63) is 224 Å². The Morgan fingerprint density at radius 2 is 0.870 bits per heavy atom. The van der Waals surface area contributed by atoms with Crippen molar-refractivity contribution in [1.82, 2.24) is 68.4 Å². The molecule has 1 saturated carbocycles. The molecular formula is C81H98Cl3F2N26O9PSn. The average molecular weight is 1870 g/mol. The molecule has 123 heavy (non-hydrogen) atoms. The zero-order valence-corrected chi connectivity index (χ0v) is 74.7. The topological polar surface area (TPSA) is 454 Å². The number of likely N-dealkylation sites (tertiary alicyclic amines) is 1. The van der Waals surface area contributed by atoms with Gasteiger partial charge in [0, 0.05) is 150 Å². The van der Waals surface area contributed by atoms with E-state index in [2.05, 4.69) is 132 Å². The van der Waals surface area contributed by atoms with E-state index in [4.69, 9.17) is 50.9 Å². The molecule has 35 nitrogen and oxygen atoms in total. The number of amides is 2. The molecule has 12 aromatic rings. The number of nitro groups is 3. The number of benzene rings is 6. The number of anilines is 10. The van der Waals surface area contributed by atoms with Gasteiger partial charge in [-0.2, -0.15) is 38.7 Å². The van der Waals surface area contributed by atoms with Gasteiger partial charge in [-0.25, -0.2) is 15.0 Å². The molecule has 1 aliphatic heterocycles. The molecule has 1 saturated heterocycles. The monoisotopic (exact) mass is 1870 g/mol. The van der Waals surface area contributed by atoms with E-state index < -0.39 is 57.0 Å². The van der Waals surface area contributed by atoms with Crippen LogP contribution in [0.5, 0.6) is 0 Å².